The minimum atomic E-state index is -1.03. The van der Waals surface area contributed by atoms with Gasteiger partial charge < -0.3 is 14.6 Å². The van der Waals surface area contributed by atoms with Crippen LogP contribution < -0.4 is 9.47 Å². The largest absolute Gasteiger partial charge is 0.490 e. The van der Waals surface area contributed by atoms with Gasteiger partial charge in [0.2, 0.25) is 0 Å². The Labute approximate surface area is 122 Å². The minimum Gasteiger partial charge on any atom is -0.490 e. The zero-order valence-corrected chi connectivity index (χ0v) is 11.8. The fourth-order valence-electron chi connectivity index (χ4n) is 2.41. The Hall–Kier alpha value is -2.07. The Morgan fingerprint density at radius 2 is 1.86 bits per heavy atom. The fourth-order valence-corrected chi connectivity index (χ4v) is 2.41. The first kappa shape index (κ1) is 13.9. The van der Waals surface area contributed by atoms with Gasteiger partial charge >= 0.3 is 0 Å². The molecule has 3 rings (SSSR count). The summed E-state index contributed by atoms with van der Waals surface area (Å²) in [4.78, 5) is 0. The van der Waals surface area contributed by atoms with Crippen LogP contribution in [0.4, 0.5) is 4.39 Å². The highest BCUT2D eigenvalue weighted by molar-refractivity contribution is 5.46. The first-order valence-electron chi connectivity index (χ1n) is 6.99. The number of hydrogen-bond acceptors (Lipinski definition) is 3. The van der Waals surface area contributed by atoms with Gasteiger partial charge in [0.25, 0.3) is 0 Å². The molecule has 2 aromatic carbocycles. The van der Waals surface area contributed by atoms with Crippen molar-refractivity contribution in [3.05, 3.63) is 58.9 Å². The Morgan fingerprint density at radius 1 is 1.10 bits per heavy atom. The van der Waals surface area contributed by atoms with Crippen molar-refractivity contribution >= 4 is 0 Å². The summed E-state index contributed by atoms with van der Waals surface area (Å²) >= 11 is 0. The molecule has 21 heavy (non-hydrogen) atoms. The van der Waals surface area contributed by atoms with Gasteiger partial charge in [-0.3, -0.25) is 0 Å². The molecule has 1 atom stereocenters. The van der Waals surface area contributed by atoms with Crippen molar-refractivity contribution in [2.24, 2.45) is 0 Å². The van der Waals surface area contributed by atoms with Gasteiger partial charge in [-0.2, -0.15) is 0 Å². The molecule has 0 aromatic heterocycles. The topological polar surface area (TPSA) is 38.7 Å². The van der Waals surface area contributed by atoms with E-state index < -0.39 is 6.10 Å². The highest BCUT2D eigenvalue weighted by Crippen LogP contribution is 2.34. The zero-order chi connectivity index (χ0) is 14.8. The number of rotatable bonds is 2. The Bertz CT molecular complexity index is 654. The van der Waals surface area contributed by atoms with Crippen molar-refractivity contribution in [1.82, 2.24) is 0 Å². The van der Waals surface area contributed by atoms with Crippen molar-refractivity contribution in [2.45, 2.75) is 19.4 Å². The van der Waals surface area contributed by atoms with Gasteiger partial charge in [-0.15, -0.1) is 0 Å². The van der Waals surface area contributed by atoms with Gasteiger partial charge in [0, 0.05) is 12.0 Å². The number of aliphatic hydroxyl groups is 1. The number of ether oxygens (including phenoxy) is 2. The maximum absolute atomic E-state index is 14.1. The molecule has 0 bridgehead atoms. The van der Waals surface area contributed by atoms with Gasteiger partial charge in [-0.1, -0.05) is 24.3 Å². The second-order valence-corrected chi connectivity index (χ2v) is 5.14. The molecule has 1 aliphatic heterocycles. The molecule has 0 amide bonds. The molecule has 0 fully saturated rings. The van der Waals surface area contributed by atoms with Crippen LogP contribution in [0.2, 0.25) is 0 Å². The molecule has 0 radical (unpaired) electrons. The molecule has 0 saturated heterocycles. The quantitative estimate of drug-likeness (QED) is 0.920. The molecular formula is C17H17FO3. The second-order valence-electron chi connectivity index (χ2n) is 5.14. The van der Waals surface area contributed by atoms with Crippen molar-refractivity contribution in [1.29, 1.82) is 0 Å². The molecule has 0 aliphatic carbocycles. The lowest BCUT2D eigenvalue weighted by atomic mass is 9.99. The highest BCUT2D eigenvalue weighted by Gasteiger charge is 2.19. The lowest BCUT2D eigenvalue weighted by Crippen LogP contribution is -2.04. The van der Waals surface area contributed by atoms with Gasteiger partial charge in [0.1, 0.15) is 11.9 Å². The van der Waals surface area contributed by atoms with Gasteiger partial charge in [0.05, 0.1) is 13.2 Å². The van der Waals surface area contributed by atoms with Crippen LogP contribution >= 0.6 is 0 Å². The van der Waals surface area contributed by atoms with Crippen LogP contribution in [0.1, 0.15) is 29.2 Å². The molecule has 0 spiro atoms. The molecule has 1 heterocycles. The van der Waals surface area contributed by atoms with Crippen LogP contribution in [-0.2, 0) is 0 Å². The average Bonchev–Trinajstić information content (AvgIpc) is 2.74. The van der Waals surface area contributed by atoms with Crippen molar-refractivity contribution < 1.29 is 19.0 Å². The normalized spacial score (nSPS) is 15.4. The van der Waals surface area contributed by atoms with Gasteiger partial charge in [-0.25, -0.2) is 4.39 Å². The Balaban J connectivity index is 1.96. The second kappa shape index (κ2) is 5.74. The number of fused-ring (bicyclic) bond motifs is 1. The third kappa shape index (κ3) is 2.72. The van der Waals surface area contributed by atoms with E-state index in [0.29, 0.717) is 35.8 Å². The minimum absolute atomic E-state index is 0.268. The Kier molecular flexibility index (Phi) is 3.80. The SMILES string of the molecule is Cc1cccc(C(O)c2ccc3c(c2)OCCCO3)c1F. The maximum atomic E-state index is 14.1. The van der Waals surface area contributed by atoms with Crippen LogP contribution in [0.25, 0.3) is 0 Å². The van der Waals surface area contributed by atoms with E-state index in [4.69, 9.17) is 9.47 Å². The predicted octanol–water partition coefficient (Wildman–Crippen LogP) is 3.38. The van der Waals surface area contributed by atoms with Gasteiger partial charge in [0.15, 0.2) is 11.5 Å². The monoisotopic (exact) mass is 288 g/mol. The summed E-state index contributed by atoms with van der Waals surface area (Å²) in [5.74, 6) is 0.877. The summed E-state index contributed by atoms with van der Waals surface area (Å²) in [6, 6.07) is 10.2. The summed E-state index contributed by atoms with van der Waals surface area (Å²) in [6.45, 7) is 2.87. The number of aliphatic hydroxyl groups excluding tert-OH is 1. The molecule has 2 aromatic rings. The maximum Gasteiger partial charge on any atom is 0.161 e. The highest BCUT2D eigenvalue weighted by atomic mass is 19.1. The van der Waals surface area contributed by atoms with E-state index in [1.54, 1.807) is 43.3 Å². The zero-order valence-electron chi connectivity index (χ0n) is 11.8. The van der Waals surface area contributed by atoms with Crippen molar-refractivity contribution in [3.8, 4) is 11.5 Å². The summed E-state index contributed by atoms with van der Waals surface area (Å²) in [5.41, 5.74) is 1.37. The van der Waals surface area contributed by atoms with Crippen LogP contribution in [0, 0.1) is 12.7 Å². The molecule has 4 heteroatoms. The number of halogens is 1. The number of hydrogen-bond donors (Lipinski definition) is 1. The first-order chi connectivity index (χ1) is 10.2. The lowest BCUT2D eigenvalue weighted by molar-refractivity contribution is 0.214. The van der Waals surface area contributed by atoms with Crippen molar-refractivity contribution in [2.75, 3.05) is 13.2 Å². The summed E-state index contributed by atoms with van der Waals surface area (Å²) in [5, 5.41) is 10.4. The van der Waals surface area contributed by atoms with Crippen LogP contribution in [0.3, 0.4) is 0 Å². The molecule has 1 N–H and O–H groups in total. The Morgan fingerprint density at radius 3 is 2.67 bits per heavy atom. The van der Waals surface area contributed by atoms with Gasteiger partial charge in [-0.05, 0) is 30.2 Å². The van der Waals surface area contributed by atoms with Crippen LogP contribution in [-0.4, -0.2) is 18.3 Å². The third-order valence-electron chi connectivity index (χ3n) is 3.60. The van der Waals surface area contributed by atoms with E-state index >= 15 is 0 Å². The number of benzene rings is 2. The van der Waals surface area contributed by atoms with E-state index in [2.05, 4.69) is 0 Å². The van der Waals surface area contributed by atoms with E-state index in [1.165, 1.54) is 0 Å². The van der Waals surface area contributed by atoms with E-state index in [-0.39, 0.29) is 11.4 Å². The standard InChI is InChI=1S/C17H17FO3/c1-11-4-2-5-13(16(11)18)17(19)12-6-7-14-15(10-12)21-9-3-8-20-14/h2,4-7,10,17,19H,3,8-9H2,1H3. The van der Waals surface area contributed by atoms with E-state index in [0.717, 1.165) is 6.42 Å². The fraction of sp³-hybridized carbons (Fsp3) is 0.294. The van der Waals surface area contributed by atoms with E-state index in [1.807, 2.05) is 0 Å². The third-order valence-corrected chi connectivity index (χ3v) is 3.60. The lowest BCUT2D eigenvalue weighted by Gasteiger charge is -2.15. The average molecular weight is 288 g/mol. The number of aryl methyl sites for hydroxylation is 1. The first-order valence-corrected chi connectivity index (χ1v) is 6.99. The van der Waals surface area contributed by atoms with Crippen LogP contribution in [0.15, 0.2) is 36.4 Å². The summed E-state index contributed by atoms with van der Waals surface area (Å²) in [6.07, 6.45) is -0.207. The molecule has 110 valence electrons. The molecule has 3 nitrogen and oxygen atoms in total. The molecule has 0 saturated carbocycles. The van der Waals surface area contributed by atoms with Crippen LogP contribution in [0.5, 0.6) is 11.5 Å². The smallest absolute Gasteiger partial charge is 0.161 e. The van der Waals surface area contributed by atoms with E-state index in [9.17, 15) is 9.50 Å². The van der Waals surface area contributed by atoms with Crippen molar-refractivity contribution in [3.63, 3.8) is 0 Å². The predicted molar refractivity (Wildman–Crippen MR) is 77.2 cm³/mol. The molecular weight excluding hydrogens is 271 g/mol. The summed E-state index contributed by atoms with van der Waals surface area (Å²) < 4.78 is 25.3. The summed E-state index contributed by atoms with van der Waals surface area (Å²) in [7, 11) is 0. The molecule has 1 unspecified atom stereocenters. The molecule has 1 aliphatic rings.